The zero-order valence-corrected chi connectivity index (χ0v) is 13.5. The van der Waals surface area contributed by atoms with Crippen LogP contribution in [0.3, 0.4) is 0 Å². The normalized spacial score (nSPS) is 11.1. The van der Waals surface area contributed by atoms with Gasteiger partial charge >= 0.3 is 0 Å². The molecular formula is C18H21N5. The molecule has 3 aromatic heterocycles. The number of aromatic nitrogens is 3. The second-order valence-electron chi connectivity index (χ2n) is 5.72. The lowest BCUT2D eigenvalue weighted by Crippen LogP contribution is -2.16. The Hall–Kier alpha value is -2.53. The molecule has 118 valence electrons. The van der Waals surface area contributed by atoms with Gasteiger partial charge < -0.3 is 10.2 Å². The van der Waals surface area contributed by atoms with Crippen LogP contribution in [-0.4, -0.2) is 47.0 Å². The number of anilines is 1. The minimum absolute atomic E-state index is 0.840. The summed E-state index contributed by atoms with van der Waals surface area (Å²) in [6, 6.07) is 11.8. The van der Waals surface area contributed by atoms with Crippen LogP contribution in [0.15, 0.2) is 48.8 Å². The fourth-order valence-corrected chi connectivity index (χ4v) is 2.46. The third-order valence-electron chi connectivity index (χ3n) is 3.60. The lowest BCUT2D eigenvalue weighted by Gasteiger charge is -2.12. The smallest absolute Gasteiger partial charge is 0.136 e. The van der Waals surface area contributed by atoms with E-state index in [1.165, 1.54) is 0 Å². The summed E-state index contributed by atoms with van der Waals surface area (Å²) in [5.41, 5.74) is 2.63. The van der Waals surface area contributed by atoms with E-state index in [4.69, 9.17) is 4.98 Å². The molecule has 5 heteroatoms. The van der Waals surface area contributed by atoms with E-state index in [0.717, 1.165) is 47.6 Å². The van der Waals surface area contributed by atoms with Crippen LogP contribution in [0, 0.1) is 0 Å². The van der Waals surface area contributed by atoms with E-state index < -0.39 is 0 Å². The summed E-state index contributed by atoms with van der Waals surface area (Å²) in [5.74, 6) is 0.870. The molecule has 0 unspecified atom stereocenters. The highest BCUT2D eigenvalue weighted by Gasteiger charge is 2.08. The Kier molecular flexibility index (Phi) is 4.78. The number of hydrogen-bond acceptors (Lipinski definition) is 5. The highest BCUT2D eigenvalue weighted by Crippen LogP contribution is 2.25. The van der Waals surface area contributed by atoms with E-state index in [-0.39, 0.29) is 0 Å². The van der Waals surface area contributed by atoms with Crippen molar-refractivity contribution in [3.8, 4) is 11.4 Å². The predicted molar refractivity (Wildman–Crippen MR) is 94.4 cm³/mol. The van der Waals surface area contributed by atoms with Crippen molar-refractivity contribution < 1.29 is 0 Å². The van der Waals surface area contributed by atoms with Gasteiger partial charge in [-0.3, -0.25) is 9.97 Å². The van der Waals surface area contributed by atoms with Gasteiger partial charge in [0.1, 0.15) is 5.82 Å². The second kappa shape index (κ2) is 7.15. The standard InChI is InChI=1S/C18H21N5/c1-23(2)12-6-11-21-18-14-7-5-10-20-16(14)13-17(22-18)15-8-3-4-9-19-15/h3-5,7-10,13H,6,11-12H2,1-2H3,(H,21,22). The van der Waals surface area contributed by atoms with E-state index in [2.05, 4.69) is 34.3 Å². The van der Waals surface area contributed by atoms with Crippen molar-refractivity contribution >= 4 is 16.7 Å². The molecule has 23 heavy (non-hydrogen) atoms. The molecule has 0 aliphatic heterocycles. The summed E-state index contributed by atoms with van der Waals surface area (Å²) in [7, 11) is 4.17. The van der Waals surface area contributed by atoms with Crippen LogP contribution < -0.4 is 5.32 Å². The van der Waals surface area contributed by atoms with Crippen molar-refractivity contribution in [2.75, 3.05) is 32.5 Å². The van der Waals surface area contributed by atoms with Crippen LogP contribution in [0.4, 0.5) is 5.82 Å². The fourth-order valence-electron chi connectivity index (χ4n) is 2.46. The van der Waals surface area contributed by atoms with E-state index in [1.54, 1.807) is 12.4 Å². The monoisotopic (exact) mass is 307 g/mol. The summed E-state index contributed by atoms with van der Waals surface area (Å²) >= 11 is 0. The quantitative estimate of drug-likeness (QED) is 0.709. The zero-order chi connectivity index (χ0) is 16.1. The van der Waals surface area contributed by atoms with E-state index in [1.807, 2.05) is 36.4 Å². The summed E-state index contributed by atoms with van der Waals surface area (Å²) < 4.78 is 0. The average molecular weight is 307 g/mol. The van der Waals surface area contributed by atoms with Crippen LogP contribution in [0.5, 0.6) is 0 Å². The SMILES string of the molecule is CN(C)CCCNc1nc(-c2ccccn2)cc2ncccc12. The van der Waals surface area contributed by atoms with Crippen LogP contribution in [-0.2, 0) is 0 Å². The maximum absolute atomic E-state index is 4.76. The summed E-state index contributed by atoms with van der Waals surface area (Å²) in [5, 5.41) is 4.49. The Morgan fingerprint density at radius 1 is 1.00 bits per heavy atom. The first-order valence-electron chi connectivity index (χ1n) is 7.80. The molecule has 0 fully saturated rings. The third-order valence-corrected chi connectivity index (χ3v) is 3.60. The predicted octanol–water partition coefficient (Wildman–Crippen LogP) is 3.06. The topological polar surface area (TPSA) is 53.9 Å². The van der Waals surface area contributed by atoms with Crippen LogP contribution in [0.25, 0.3) is 22.3 Å². The molecule has 0 saturated heterocycles. The van der Waals surface area contributed by atoms with Gasteiger partial charge in [0.25, 0.3) is 0 Å². The molecule has 3 rings (SSSR count). The molecule has 0 atom stereocenters. The van der Waals surface area contributed by atoms with Gasteiger partial charge in [-0.15, -0.1) is 0 Å². The van der Waals surface area contributed by atoms with Gasteiger partial charge in [-0.1, -0.05) is 6.07 Å². The van der Waals surface area contributed by atoms with E-state index in [9.17, 15) is 0 Å². The number of rotatable bonds is 6. The molecule has 0 saturated carbocycles. The summed E-state index contributed by atoms with van der Waals surface area (Å²) in [6.07, 6.45) is 4.65. The first-order chi connectivity index (χ1) is 11.2. The van der Waals surface area contributed by atoms with Crippen molar-refractivity contribution in [3.05, 3.63) is 48.8 Å². The lowest BCUT2D eigenvalue weighted by molar-refractivity contribution is 0.405. The summed E-state index contributed by atoms with van der Waals surface area (Å²) in [6.45, 7) is 1.92. The highest BCUT2D eigenvalue weighted by molar-refractivity contribution is 5.91. The Morgan fingerprint density at radius 2 is 1.87 bits per heavy atom. The molecule has 3 aromatic rings. The molecule has 0 aliphatic carbocycles. The second-order valence-corrected chi connectivity index (χ2v) is 5.72. The number of fused-ring (bicyclic) bond motifs is 1. The zero-order valence-electron chi connectivity index (χ0n) is 13.5. The molecule has 0 aliphatic rings. The molecule has 0 amide bonds. The average Bonchev–Trinajstić information content (AvgIpc) is 2.59. The van der Waals surface area contributed by atoms with Crippen molar-refractivity contribution in [1.29, 1.82) is 0 Å². The molecule has 0 spiro atoms. The maximum Gasteiger partial charge on any atom is 0.136 e. The molecule has 0 aromatic carbocycles. The Balaban J connectivity index is 1.91. The first kappa shape index (κ1) is 15.4. The maximum atomic E-state index is 4.76. The highest BCUT2D eigenvalue weighted by atomic mass is 15.1. The minimum atomic E-state index is 0.840. The third kappa shape index (κ3) is 3.81. The van der Waals surface area contributed by atoms with Gasteiger partial charge in [-0.05, 0) is 57.4 Å². The lowest BCUT2D eigenvalue weighted by atomic mass is 10.2. The molecule has 3 heterocycles. The Labute approximate surface area is 136 Å². The molecule has 0 radical (unpaired) electrons. The van der Waals surface area contributed by atoms with Crippen molar-refractivity contribution in [2.24, 2.45) is 0 Å². The Morgan fingerprint density at radius 3 is 2.65 bits per heavy atom. The molecule has 0 bridgehead atoms. The minimum Gasteiger partial charge on any atom is -0.369 e. The van der Waals surface area contributed by atoms with Gasteiger partial charge in [0, 0.05) is 24.3 Å². The first-order valence-corrected chi connectivity index (χ1v) is 7.80. The van der Waals surface area contributed by atoms with Crippen LogP contribution in [0.1, 0.15) is 6.42 Å². The van der Waals surface area contributed by atoms with E-state index >= 15 is 0 Å². The number of nitrogens with one attached hydrogen (secondary N) is 1. The van der Waals surface area contributed by atoms with Gasteiger partial charge in [0.2, 0.25) is 0 Å². The molecular weight excluding hydrogens is 286 g/mol. The molecule has 1 N–H and O–H groups in total. The van der Waals surface area contributed by atoms with Crippen molar-refractivity contribution in [1.82, 2.24) is 19.9 Å². The molecule has 5 nitrogen and oxygen atoms in total. The van der Waals surface area contributed by atoms with Gasteiger partial charge in [0.15, 0.2) is 0 Å². The Bertz CT molecular complexity index is 771. The fraction of sp³-hybridized carbons (Fsp3) is 0.278. The van der Waals surface area contributed by atoms with Crippen molar-refractivity contribution in [2.45, 2.75) is 6.42 Å². The number of pyridine rings is 3. The largest absolute Gasteiger partial charge is 0.369 e. The number of nitrogens with zero attached hydrogens (tertiary/aromatic N) is 4. The van der Waals surface area contributed by atoms with Crippen LogP contribution >= 0.6 is 0 Å². The van der Waals surface area contributed by atoms with Gasteiger partial charge in [0.05, 0.1) is 16.9 Å². The van der Waals surface area contributed by atoms with E-state index in [0.29, 0.717) is 0 Å². The summed E-state index contributed by atoms with van der Waals surface area (Å²) in [4.78, 5) is 15.8. The van der Waals surface area contributed by atoms with Gasteiger partial charge in [-0.25, -0.2) is 4.98 Å². The number of hydrogen-bond donors (Lipinski definition) is 1. The van der Waals surface area contributed by atoms with Crippen LogP contribution in [0.2, 0.25) is 0 Å². The van der Waals surface area contributed by atoms with Gasteiger partial charge in [-0.2, -0.15) is 0 Å². The van der Waals surface area contributed by atoms with Crippen molar-refractivity contribution in [3.63, 3.8) is 0 Å².